The van der Waals surface area contributed by atoms with Gasteiger partial charge in [-0.15, -0.1) is 0 Å². The van der Waals surface area contributed by atoms with E-state index in [9.17, 15) is 0 Å². The van der Waals surface area contributed by atoms with Crippen molar-refractivity contribution < 1.29 is 0 Å². The highest BCUT2D eigenvalue weighted by Crippen LogP contribution is 2.38. The van der Waals surface area contributed by atoms with Gasteiger partial charge in [0.05, 0.1) is 5.69 Å². The largest absolute Gasteiger partial charge is 0.399 e. The van der Waals surface area contributed by atoms with Crippen LogP contribution in [-0.4, -0.2) is 4.98 Å². The number of fused-ring (bicyclic) bond motifs is 1. The summed E-state index contributed by atoms with van der Waals surface area (Å²) in [5, 5.41) is 1.19. The monoisotopic (exact) mass is 284 g/mol. The summed E-state index contributed by atoms with van der Waals surface area (Å²) in [7, 11) is 0. The average Bonchev–Trinajstić information content (AvgIpc) is 2.95. The van der Waals surface area contributed by atoms with Gasteiger partial charge >= 0.3 is 0 Å². The summed E-state index contributed by atoms with van der Waals surface area (Å²) in [6.07, 6.45) is 0. The lowest BCUT2D eigenvalue weighted by atomic mass is 9.98. The maximum Gasteiger partial charge on any atom is 0.0544 e. The molecule has 0 saturated carbocycles. The normalized spacial score (nSPS) is 10.9. The molecule has 1 aromatic heterocycles. The predicted molar refractivity (Wildman–Crippen MR) is 93.6 cm³/mol. The van der Waals surface area contributed by atoms with E-state index in [4.69, 9.17) is 5.73 Å². The maximum absolute atomic E-state index is 5.94. The number of anilines is 1. The van der Waals surface area contributed by atoms with E-state index in [0.717, 1.165) is 16.9 Å². The topological polar surface area (TPSA) is 41.8 Å². The number of nitrogens with one attached hydrogen (secondary N) is 1. The summed E-state index contributed by atoms with van der Waals surface area (Å²) in [6.45, 7) is 0. The molecule has 0 amide bonds. The van der Waals surface area contributed by atoms with Gasteiger partial charge in [0.15, 0.2) is 0 Å². The van der Waals surface area contributed by atoms with E-state index in [-0.39, 0.29) is 0 Å². The predicted octanol–water partition coefficient (Wildman–Crippen LogP) is 5.08. The van der Waals surface area contributed by atoms with E-state index < -0.39 is 0 Å². The van der Waals surface area contributed by atoms with Crippen molar-refractivity contribution in [3.05, 3.63) is 78.9 Å². The number of aromatic nitrogens is 1. The van der Waals surface area contributed by atoms with E-state index in [0.29, 0.717) is 0 Å². The molecule has 0 aliphatic heterocycles. The van der Waals surface area contributed by atoms with Crippen LogP contribution in [0.15, 0.2) is 78.9 Å². The third-order valence-electron chi connectivity index (χ3n) is 3.95. The molecule has 106 valence electrons. The summed E-state index contributed by atoms with van der Waals surface area (Å²) in [6, 6.07) is 26.9. The molecule has 0 saturated heterocycles. The van der Waals surface area contributed by atoms with Crippen molar-refractivity contribution in [1.29, 1.82) is 0 Å². The van der Waals surface area contributed by atoms with Gasteiger partial charge in [-0.05, 0) is 23.3 Å². The molecule has 3 aromatic carbocycles. The second kappa shape index (κ2) is 5.08. The molecule has 0 spiro atoms. The van der Waals surface area contributed by atoms with Gasteiger partial charge in [0.2, 0.25) is 0 Å². The number of benzene rings is 3. The maximum atomic E-state index is 5.94. The molecule has 0 bridgehead atoms. The first-order chi connectivity index (χ1) is 10.8. The Morgan fingerprint density at radius 2 is 1.32 bits per heavy atom. The Kier molecular flexibility index (Phi) is 2.94. The highest BCUT2D eigenvalue weighted by molar-refractivity contribution is 6.04. The summed E-state index contributed by atoms with van der Waals surface area (Å²) < 4.78 is 0. The van der Waals surface area contributed by atoms with E-state index in [1.54, 1.807) is 0 Å². The van der Waals surface area contributed by atoms with Crippen molar-refractivity contribution in [1.82, 2.24) is 4.98 Å². The Bertz CT molecular complexity index is 922. The lowest BCUT2D eigenvalue weighted by molar-refractivity contribution is 1.45. The fourth-order valence-corrected chi connectivity index (χ4v) is 2.94. The van der Waals surface area contributed by atoms with E-state index in [1.807, 2.05) is 24.3 Å². The van der Waals surface area contributed by atoms with Gasteiger partial charge in [-0.2, -0.15) is 0 Å². The standard InChI is InChI=1S/C20H16N2/c21-16-11-12-17-18(13-16)22-20(15-9-5-2-6-10-15)19(17)14-7-3-1-4-8-14/h1-13,22H,21H2. The minimum absolute atomic E-state index is 0.771. The first-order valence-corrected chi connectivity index (χ1v) is 7.35. The lowest BCUT2D eigenvalue weighted by Gasteiger charge is -2.05. The van der Waals surface area contributed by atoms with E-state index in [2.05, 4.69) is 59.6 Å². The Labute approximate surface area is 129 Å². The number of aromatic amines is 1. The number of rotatable bonds is 2. The van der Waals surface area contributed by atoms with E-state index >= 15 is 0 Å². The molecule has 22 heavy (non-hydrogen) atoms. The first-order valence-electron chi connectivity index (χ1n) is 7.35. The van der Waals surface area contributed by atoms with Gasteiger partial charge in [-0.3, -0.25) is 0 Å². The van der Waals surface area contributed by atoms with Crippen LogP contribution in [0.5, 0.6) is 0 Å². The van der Waals surface area contributed by atoms with Gasteiger partial charge in [0, 0.05) is 22.2 Å². The van der Waals surface area contributed by atoms with Crippen LogP contribution in [0.4, 0.5) is 5.69 Å². The number of hydrogen-bond acceptors (Lipinski definition) is 1. The lowest BCUT2D eigenvalue weighted by Crippen LogP contribution is -1.83. The minimum atomic E-state index is 0.771. The van der Waals surface area contributed by atoms with Crippen molar-refractivity contribution in [2.24, 2.45) is 0 Å². The Balaban J connectivity index is 2.07. The molecule has 4 aromatic rings. The summed E-state index contributed by atoms with van der Waals surface area (Å²) in [5.74, 6) is 0. The van der Waals surface area contributed by atoms with Crippen LogP contribution in [0, 0.1) is 0 Å². The third kappa shape index (κ3) is 2.06. The molecule has 0 radical (unpaired) electrons. The van der Waals surface area contributed by atoms with Crippen molar-refractivity contribution >= 4 is 16.6 Å². The van der Waals surface area contributed by atoms with E-state index in [1.165, 1.54) is 22.1 Å². The molecule has 0 atom stereocenters. The highest BCUT2D eigenvalue weighted by Gasteiger charge is 2.14. The van der Waals surface area contributed by atoms with Crippen LogP contribution in [0.25, 0.3) is 33.3 Å². The molecular formula is C20H16N2. The second-order valence-corrected chi connectivity index (χ2v) is 5.41. The summed E-state index contributed by atoms with van der Waals surface area (Å²) in [4.78, 5) is 3.54. The number of nitrogens with two attached hydrogens (primary N) is 1. The molecule has 0 unspecified atom stereocenters. The molecule has 1 heterocycles. The molecule has 2 heteroatoms. The number of H-pyrrole nitrogens is 1. The van der Waals surface area contributed by atoms with Crippen molar-refractivity contribution in [3.63, 3.8) is 0 Å². The number of nitrogen functional groups attached to an aromatic ring is 1. The Morgan fingerprint density at radius 3 is 2.00 bits per heavy atom. The second-order valence-electron chi connectivity index (χ2n) is 5.41. The van der Waals surface area contributed by atoms with Crippen LogP contribution < -0.4 is 5.73 Å². The Hall–Kier alpha value is -3.00. The fourth-order valence-electron chi connectivity index (χ4n) is 2.94. The molecule has 3 N–H and O–H groups in total. The molecular weight excluding hydrogens is 268 g/mol. The molecule has 2 nitrogen and oxygen atoms in total. The van der Waals surface area contributed by atoms with Crippen LogP contribution >= 0.6 is 0 Å². The molecule has 4 rings (SSSR count). The van der Waals surface area contributed by atoms with Gasteiger partial charge < -0.3 is 10.7 Å². The summed E-state index contributed by atoms with van der Waals surface area (Å²) >= 11 is 0. The Morgan fingerprint density at radius 1 is 0.682 bits per heavy atom. The van der Waals surface area contributed by atoms with Crippen LogP contribution in [0.1, 0.15) is 0 Å². The third-order valence-corrected chi connectivity index (χ3v) is 3.95. The van der Waals surface area contributed by atoms with Crippen molar-refractivity contribution in [2.45, 2.75) is 0 Å². The fraction of sp³-hybridized carbons (Fsp3) is 0. The zero-order chi connectivity index (χ0) is 14.9. The van der Waals surface area contributed by atoms with Gasteiger partial charge in [-0.25, -0.2) is 0 Å². The van der Waals surface area contributed by atoms with Gasteiger partial charge in [0.25, 0.3) is 0 Å². The van der Waals surface area contributed by atoms with Crippen LogP contribution in [-0.2, 0) is 0 Å². The molecule has 0 aliphatic carbocycles. The first kappa shape index (κ1) is 12.7. The average molecular weight is 284 g/mol. The van der Waals surface area contributed by atoms with Crippen molar-refractivity contribution in [3.8, 4) is 22.4 Å². The number of hydrogen-bond donors (Lipinski definition) is 2. The molecule has 0 aliphatic rings. The van der Waals surface area contributed by atoms with Crippen LogP contribution in [0.2, 0.25) is 0 Å². The van der Waals surface area contributed by atoms with Crippen molar-refractivity contribution in [2.75, 3.05) is 5.73 Å². The SMILES string of the molecule is Nc1ccc2c(-c3ccccc3)c(-c3ccccc3)[nH]c2c1. The van der Waals surface area contributed by atoms with Gasteiger partial charge in [0.1, 0.15) is 0 Å². The molecule has 0 fully saturated rings. The minimum Gasteiger partial charge on any atom is -0.399 e. The zero-order valence-corrected chi connectivity index (χ0v) is 12.1. The summed E-state index contributed by atoms with van der Waals surface area (Å²) in [5.41, 5.74) is 12.5. The highest BCUT2D eigenvalue weighted by atomic mass is 14.7. The van der Waals surface area contributed by atoms with Gasteiger partial charge in [-0.1, -0.05) is 66.7 Å². The smallest absolute Gasteiger partial charge is 0.0544 e. The quantitative estimate of drug-likeness (QED) is 0.495. The van der Waals surface area contributed by atoms with Crippen LogP contribution in [0.3, 0.4) is 0 Å². The zero-order valence-electron chi connectivity index (χ0n) is 12.1.